The Morgan fingerprint density at radius 2 is 1.66 bits per heavy atom. The maximum Gasteiger partial charge on any atom is 0.536 e. The Morgan fingerprint density at radius 3 is 2.34 bits per heavy atom. The molecule has 1 spiro atoms. The van der Waals surface area contributed by atoms with Crippen LogP contribution < -0.4 is 24.6 Å². The number of carbonyl (C=O) groups excluding carboxylic acids is 2. The van der Waals surface area contributed by atoms with Crippen molar-refractivity contribution in [2.75, 3.05) is 18.5 Å². The minimum atomic E-state index is -6.00. The number of phosphoric ester groups is 1. The molecule has 7 N–H and O–H groups in total. The number of nitrogens with one attached hydrogen (secondary N) is 2. The highest BCUT2D eigenvalue weighted by molar-refractivity contribution is 8.00. The fourth-order valence-corrected chi connectivity index (χ4v) is 15.0. The van der Waals surface area contributed by atoms with Crippen molar-refractivity contribution in [3.63, 3.8) is 0 Å². The monoisotopic (exact) mass is 1020 g/mol. The molecule has 4 fully saturated rings. The largest absolute Gasteiger partial charge is 0.536 e. The van der Waals surface area contributed by atoms with Crippen molar-refractivity contribution in [3.8, 4) is 17.2 Å². The van der Waals surface area contributed by atoms with Gasteiger partial charge in [-0.05, 0) is 105 Å². The van der Waals surface area contributed by atoms with E-state index in [-0.39, 0.29) is 60.0 Å². The van der Waals surface area contributed by atoms with Crippen LogP contribution in [0.5, 0.6) is 17.2 Å². The van der Waals surface area contributed by atoms with Crippen molar-refractivity contribution in [3.05, 3.63) is 87.6 Å². The highest BCUT2D eigenvalue weighted by Crippen LogP contribution is 2.74. The van der Waals surface area contributed by atoms with Crippen LogP contribution in [-0.2, 0) is 43.1 Å². The maximum atomic E-state index is 15.6. The van der Waals surface area contributed by atoms with Crippen LogP contribution in [0.3, 0.4) is 0 Å². The van der Waals surface area contributed by atoms with Crippen LogP contribution in [0, 0.1) is 11.8 Å². The van der Waals surface area contributed by atoms with E-state index in [1.54, 1.807) is 25.2 Å². The summed E-state index contributed by atoms with van der Waals surface area (Å²) in [6.07, 6.45) is 10.6. The second-order valence-electron chi connectivity index (χ2n) is 19.1. The van der Waals surface area contributed by atoms with Crippen LogP contribution in [-0.4, -0.2) is 77.2 Å². The molecule has 4 aliphatic heterocycles. The van der Waals surface area contributed by atoms with Crippen molar-refractivity contribution >= 4 is 64.4 Å². The number of ketones is 1. The average molecular weight is 1020 g/mol. The molecule has 8 unspecified atom stereocenters. The summed E-state index contributed by atoms with van der Waals surface area (Å²) in [7, 11) is -17.7. The number of benzene rings is 2. The van der Waals surface area contributed by atoms with Gasteiger partial charge in [-0.1, -0.05) is 41.5 Å². The number of ether oxygens (including phenoxy) is 3. The third kappa shape index (κ3) is 8.97. The maximum absolute atomic E-state index is 15.6. The van der Waals surface area contributed by atoms with Crippen LogP contribution >= 0.6 is 35.2 Å². The Hall–Kier alpha value is -3.80. The summed E-state index contributed by atoms with van der Waals surface area (Å²) in [4.78, 5) is 70.2. The van der Waals surface area contributed by atoms with Gasteiger partial charge in [0.2, 0.25) is 5.91 Å². The average Bonchev–Trinajstić information content (AvgIpc) is 3.30. The van der Waals surface area contributed by atoms with E-state index in [4.69, 9.17) is 18.7 Å². The van der Waals surface area contributed by atoms with E-state index in [1.807, 2.05) is 78.8 Å². The first-order chi connectivity index (χ1) is 31.7. The zero-order valence-electron chi connectivity index (χ0n) is 38.9. The number of allylic oxidation sites excluding steroid dienone is 4. The second kappa shape index (κ2) is 17.8. The fraction of sp³-hybridized carbons (Fsp3) is 0.478. The molecule has 3 aliphatic carbocycles. The topological polar surface area (TPSA) is 266 Å². The van der Waals surface area contributed by atoms with Crippen molar-refractivity contribution in [1.29, 1.82) is 0 Å². The summed E-state index contributed by atoms with van der Waals surface area (Å²) >= 11 is 1.45. The molecular weight excluding hydrogens is 961 g/mol. The summed E-state index contributed by atoms with van der Waals surface area (Å²) in [6, 6.07) is 7.43. The van der Waals surface area contributed by atoms with Crippen LogP contribution in [0.25, 0.3) is 11.8 Å². The Bertz CT molecular complexity index is 2790. The van der Waals surface area contributed by atoms with Crippen molar-refractivity contribution in [1.82, 2.24) is 5.32 Å². The molecule has 1 saturated heterocycles. The molecule has 2 aromatic rings. The number of carbonyl (C=O) groups is 2. The van der Waals surface area contributed by atoms with Crippen LogP contribution in [0.1, 0.15) is 97.8 Å². The Balaban J connectivity index is 1.46. The molecule has 9 rings (SSSR count). The minimum absolute atomic E-state index is 0.0137. The SMILES string of the molecule is CC(C)=CCCC1(C)C=Cc2c(c(CC=C(C)C)c3c(c2OP(=O)(O)OP(=O)(O)OP(=O)(O)O)C2=C4C(Sc5ccccc5N2)C2CC5C(C)(C)OC(C/C=C(/C)C(=O)NCCO)(C2=O)C45O3)O1. The first-order valence-electron chi connectivity index (χ1n) is 22.2. The lowest BCUT2D eigenvalue weighted by Gasteiger charge is -2.61. The second-order valence-corrected chi connectivity index (χ2v) is 24.7. The zero-order valence-corrected chi connectivity index (χ0v) is 42.4. The van der Waals surface area contributed by atoms with Gasteiger partial charge >= 0.3 is 23.5 Å². The molecule has 18 nitrogen and oxygen atoms in total. The van der Waals surface area contributed by atoms with Gasteiger partial charge in [-0.3, -0.25) is 14.5 Å². The summed E-state index contributed by atoms with van der Waals surface area (Å²) in [5.41, 5.74) is -0.982. The summed E-state index contributed by atoms with van der Waals surface area (Å²) in [5, 5.41) is 15.1. The van der Waals surface area contributed by atoms with Gasteiger partial charge in [-0.15, -0.1) is 11.8 Å². The molecule has 368 valence electrons. The first kappa shape index (κ1) is 50.6. The Morgan fingerprint density at radius 1 is 0.956 bits per heavy atom. The Kier molecular flexibility index (Phi) is 13.2. The summed E-state index contributed by atoms with van der Waals surface area (Å²) in [5.74, 6) is -2.07. The van der Waals surface area contributed by atoms with Crippen molar-refractivity contribution in [2.24, 2.45) is 11.8 Å². The lowest BCUT2D eigenvalue weighted by Crippen LogP contribution is -2.75. The predicted octanol–water partition coefficient (Wildman–Crippen LogP) is 8.45. The molecule has 4 bridgehead atoms. The number of phosphoric acid groups is 3. The molecule has 0 aromatic heterocycles. The van der Waals surface area contributed by atoms with E-state index in [2.05, 4.69) is 25.3 Å². The molecule has 7 aliphatic rings. The molecular formula is C46H57N2O16P3S. The van der Waals surface area contributed by atoms with Gasteiger partial charge in [0.15, 0.2) is 22.7 Å². The van der Waals surface area contributed by atoms with Gasteiger partial charge in [0.1, 0.15) is 17.1 Å². The predicted molar refractivity (Wildman–Crippen MR) is 254 cm³/mol. The van der Waals surface area contributed by atoms with Gasteiger partial charge in [0.25, 0.3) is 0 Å². The molecule has 8 atom stereocenters. The number of aliphatic hydroxyl groups is 1. The van der Waals surface area contributed by atoms with Gasteiger partial charge in [-0.25, -0.2) is 13.7 Å². The number of para-hydroxylation sites is 1. The number of hydrogen-bond donors (Lipinski definition) is 7. The number of anilines is 1. The Labute approximate surface area is 398 Å². The normalized spacial score (nSPS) is 28.8. The molecule has 2 aromatic carbocycles. The van der Waals surface area contributed by atoms with Gasteiger partial charge in [-0.2, -0.15) is 8.62 Å². The first-order valence-corrected chi connectivity index (χ1v) is 27.6. The number of aliphatic hydroxyl groups excluding tert-OH is 1. The third-order valence-electron chi connectivity index (χ3n) is 13.2. The number of Topliss-reactive ketones (excluding diaryl/α,β-unsaturated/α-hetero) is 1. The van der Waals surface area contributed by atoms with E-state index < -0.39 is 74.6 Å². The molecule has 4 heterocycles. The van der Waals surface area contributed by atoms with Gasteiger partial charge in [0.05, 0.1) is 34.7 Å². The number of thioether (sulfide) groups is 1. The van der Waals surface area contributed by atoms with E-state index in [9.17, 15) is 43.2 Å². The number of rotatable bonds is 16. The molecule has 68 heavy (non-hydrogen) atoms. The fourth-order valence-electron chi connectivity index (χ4n) is 10.5. The van der Waals surface area contributed by atoms with Gasteiger partial charge < -0.3 is 49.2 Å². The summed E-state index contributed by atoms with van der Waals surface area (Å²) < 4.78 is 74.9. The molecule has 22 heteroatoms. The third-order valence-corrected chi connectivity index (χ3v) is 18.4. The number of amides is 1. The smallest absolute Gasteiger partial charge is 0.482 e. The van der Waals surface area contributed by atoms with E-state index in [0.29, 0.717) is 41.8 Å². The van der Waals surface area contributed by atoms with Crippen molar-refractivity contribution < 1.29 is 75.3 Å². The van der Waals surface area contributed by atoms with E-state index >= 15 is 4.79 Å². The standard InChI is InChI=1S/C46H57N2O16P3S/c1-25(2)12-11-19-44(8)20-18-29-37(59-44)28(16-15-26(3)4)38-34(39(29)61-66(55,56)64-67(57,58)63-65(52,53)54)36-35-40(68-32-14-10-9-13-31(32)48-36)30-24-33-43(6,7)62-45(41(30)50,46(33,35)60-38)21-17-27(5)42(51)47-22-23-49/h9-10,12-15,17-18,20,30,33,40,48-49H,11,16,19,21-24H2,1-8H3,(H,47,51)(H,55,56)(H,57,58)(H2,52,53,54)/b27-17-. The minimum Gasteiger partial charge on any atom is -0.482 e. The number of hydrogen-bond acceptors (Lipinski definition) is 14. The quantitative estimate of drug-likeness (QED) is 0.0472. The van der Waals surface area contributed by atoms with Crippen LogP contribution in [0.4, 0.5) is 5.69 Å². The molecule has 0 radical (unpaired) electrons. The molecule has 3 saturated carbocycles. The lowest BCUT2D eigenvalue weighted by atomic mass is 9.49. The van der Waals surface area contributed by atoms with Gasteiger partial charge in [0, 0.05) is 51.7 Å². The van der Waals surface area contributed by atoms with E-state index in [0.717, 1.165) is 16.0 Å². The van der Waals surface area contributed by atoms with Crippen LogP contribution in [0.2, 0.25) is 0 Å². The van der Waals surface area contributed by atoms with E-state index in [1.165, 1.54) is 11.8 Å². The summed E-state index contributed by atoms with van der Waals surface area (Å²) in [6.45, 7) is 14.8. The zero-order chi connectivity index (χ0) is 49.6. The lowest BCUT2D eigenvalue weighted by molar-refractivity contribution is -0.176. The highest BCUT2D eigenvalue weighted by Gasteiger charge is 2.83. The molecule has 1 amide bonds. The highest BCUT2D eigenvalue weighted by atomic mass is 32.2. The van der Waals surface area contributed by atoms with Crippen molar-refractivity contribution in [2.45, 2.75) is 120 Å². The number of fused-ring (bicyclic) bond motifs is 4. The van der Waals surface area contributed by atoms with Crippen LogP contribution in [0.15, 0.2) is 75.8 Å².